The molecule has 2 atom stereocenters. The molecule has 2 aromatic rings. The van der Waals surface area contributed by atoms with Crippen LogP contribution in [0.5, 0.6) is 5.75 Å². The minimum Gasteiger partial charge on any atom is -0.598 e. The highest BCUT2D eigenvalue weighted by molar-refractivity contribution is 9.10. The number of nitrogens with zero attached hydrogens (tertiary/aromatic N) is 1. The zero-order chi connectivity index (χ0) is 26.3. The van der Waals surface area contributed by atoms with Crippen molar-refractivity contribution in [2.75, 3.05) is 12.0 Å². The zero-order valence-electron chi connectivity index (χ0n) is 20.0. The summed E-state index contributed by atoms with van der Waals surface area (Å²) in [7, 11) is 0. The van der Waals surface area contributed by atoms with Crippen LogP contribution in [0.3, 0.4) is 0 Å². The van der Waals surface area contributed by atoms with Gasteiger partial charge in [-0.05, 0) is 71.9 Å². The molecule has 0 aromatic heterocycles. The topological polar surface area (TPSA) is 154 Å². The number of quaternary nitrogens is 1. The molecule has 0 aliphatic heterocycles. The molecular formula is C25H31BrN4O6. The van der Waals surface area contributed by atoms with Crippen molar-refractivity contribution in [1.29, 1.82) is 0 Å². The van der Waals surface area contributed by atoms with Crippen molar-refractivity contribution in [3.8, 4) is 5.75 Å². The molecule has 5 N–H and O–H groups in total. The number of rotatable bonds is 12. The average molecular weight is 563 g/mol. The number of anilines is 1. The fraction of sp³-hybridized carbons (Fsp3) is 0.400. The summed E-state index contributed by atoms with van der Waals surface area (Å²) in [5.41, 5.74) is 7.96. The van der Waals surface area contributed by atoms with Crippen LogP contribution < -0.4 is 21.2 Å². The van der Waals surface area contributed by atoms with Crippen LogP contribution in [0.2, 0.25) is 0 Å². The summed E-state index contributed by atoms with van der Waals surface area (Å²) in [5.74, 6) is -0.912. The first-order valence-corrected chi connectivity index (χ1v) is 12.5. The van der Waals surface area contributed by atoms with Gasteiger partial charge in [0.25, 0.3) is 0 Å². The van der Waals surface area contributed by atoms with Gasteiger partial charge >= 0.3 is 12.0 Å². The van der Waals surface area contributed by atoms with Crippen molar-refractivity contribution >= 4 is 39.5 Å². The molecule has 0 saturated heterocycles. The number of carboxylic acid groups (broad SMARTS) is 1. The fourth-order valence-corrected chi connectivity index (χ4v) is 4.35. The molecule has 1 saturated carbocycles. The van der Waals surface area contributed by atoms with Gasteiger partial charge in [-0.2, -0.15) is 4.76 Å². The quantitative estimate of drug-likeness (QED) is 0.171. The summed E-state index contributed by atoms with van der Waals surface area (Å²) in [6, 6.07) is 12.9. The third-order valence-corrected chi connectivity index (χ3v) is 7.04. The van der Waals surface area contributed by atoms with Crippen molar-refractivity contribution in [2.24, 2.45) is 11.1 Å². The molecule has 3 rings (SSSR count). The van der Waals surface area contributed by atoms with Crippen LogP contribution >= 0.6 is 15.9 Å². The third-order valence-electron chi connectivity index (χ3n) is 6.39. The van der Waals surface area contributed by atoms with Gasteiger partial charge in [0, 0.05) is 12.5 Å². The maximum atomic E-state index is 13.1. The minimum absolute atomic E-state index is 0.160. The second-order valence-corrected chi connectivity index (χ2v) is 9.94. The number of carbonyl (C=O) groups excluding carboxylic acids is 2. The van der Waals surface area contributed by atoms with Crippen LogP contribution in [0.1, 0.15) is 44.6 Å². The lowest BCUT2D eigenvalue weighted by Gasteiger charge is -2.38. The van der Waals surface area contributed by atoms with Gasteiger partial charge in [0.05, 0.1) is 10.2 Å². The summed E-state index contributed by atoms with van der Waals surface area (Å²) in [4.78, 5) is 35.9. The number of carboxylic acids is 1. The number of primary amides is 1. The smallest absolute Gasteiger partial charge is 0.438 e. The Bertz CT molecular complexity index is 1090. The van der Waals surface area contributed by atoms with Crippen molar-refractivity contribution in [1.82, 2.24) is 5.32 Å². The lowest BCUT2D eigenvalue weighted by molar-refractivity contribution is -0.774. The normalized spacial score (nSPS) is 16.6. The van der Waals surface area contributed by atoms with Gasteiger partial charge in [-0.3, -0.25) is 9.59 Å². The molecule has 10 nitrogen and oxygen atoms in total. The average Bonchev–Trinajstić information content (AvgIpc) is 2.78. The number of aliphatic carboxylic acids is 1. The maximum absolute atomic E-state index is 13.1. The highest BCUT2D eigenvalue weighted by Crippen LogP contribution is 2.41. The van der Waals surface area contributed by atoms with Crippen molar-refractivity contribution in [2.45, 2.75) is 51.7 Å². The van der Waals surface area contributed by atoms with Crippen LogP contribution in [0, 0.1) is 10.6 Å². The van der Waals surface area contributed by atoms with Crippen LogP contribution in [-0.2, 0) is 16.2 Å². The number of hydrogen-bond donors (Lipinski definition) is 4. The first-order chi connectivity index (χ1) is 17.1. The van der Waals surface area contributed by atoms with Crippen molar-refractivity contribution < 1.29 is 29.0 Å². The molecular weight excluding hydrogens is 532 g/mol. The number of benzene rings is 2. The molecule has 0 spiro atoms. The number of hydrogen-bond acceptors (Lipinski definition) is 6. The predicted molar refractivity (Wildman–Crippen MR) is 137 cm³/mol. The second kappa shape index (κ2) is 11.7. The van der Waals surface area contributed by atoms with Gasteiger partial charge in [-0.25, -0.2) is 10.2 Å². The molecule has 0 bridgehead atoms. The van der Waals surface area contributed by atoms with Gasteiger partial charge in [-0.1, -0.05) is 30.7 Å². The summed E-state index contributed by atoms with van der Waals surface area (Å²) >= 11 is 3.43. The first-order valence-electron chi connectivity index (χ1n) is 11.7. The van der Waals surface area contributed by atoms with E-state index in [0.29, 0.717) is 43.7 Å². The molecule has 36 heavy (non-hydrogen) atoms. The van der Waals surface area contributed by atoms with Gasteiger partial charge in [0.15, 0.2) is 0 Å². The molecule has 1 aliphatic carbocycles. The van der Waals surface area contributed by atoms with E-state index in [1.807, 2.05) is 24.3 Å². The van der Waals surface area contributed by atoms with Crippen molar-refractivity contribution in [3.05, 3.63) is 63.8 Å². The maximum Gasteiger partial charge on any atom is 0.438 e. The number of urea groups is 1. The van der Waals surface area contributed by atoms with E-state index < -0.39 is 28.1 Å². The molecule has 0 radical (unpaired) electrons. The van der Waals surface area contributed by atoms with Gasteiger partial charge in [0.2, 0.25) is 5.91 Å². The minimum atomic E-state index is -1.47. The number of carbonyl (C=O) groups is 3. The van der Waals surface area contributed by atoms with E-state index in [1.165, 1.54) is 0 Å². The summed E-state index contributed by atoms with van der Waals surface area (Å²) < 4.78 is 5.16. The fourth-order valence-electron chi connectivity index (χ4n) is 3.95. The molecule has 11 heteroatoms. The largest absolute Gasteiger partial charge is 0.598 e. The van der Waals surface area contributed by atoms with Crippen LogP contribution in [-0.4, -0.2) is 40.4 Å². The van der Waals surface area contributed by atoms with Gasteiger partial charge in [0.1, 0.15) is 24.3 Å². The highest BCUT2D eigenvalue weighted by Gasteiger charge is 2.51. The number of nitrogens with one attached hydrogen (secondary N) is 2. The molecule has 3 amide bonds. The Balaban J connectivity index is 1.50. The van der Waals surface area contributed by atoms with E-state index >= 15 is 0 Å². The Morgan fingerprint density at radius 2 is 1.86 bits per heavy atom. The van der Waals surface area contributed by atoms with E-state index in [-0.39, 0.29) is 19.0 Å². The Labute approximate surface area is 218 Å². The standard InChI is InChI=1S/C25H31BrN4O6/c1-17(28-22(31)25(23(32)33)13-5-14-25)6-4-15-30(35,24(27)34)29-19-11-9-18(10-12-19)16-36-21-8-3-2-7-20(21)26/h2-3,7-12,17,29H,4-6,13-16H2,1H3,(H2,27,34)(H,28,31)(H,32,33). The molecule has 1 aliphatic rings. The first kappa shape index (κ1) is 27.4. The van der Waals surface area contributed by atoms with E-state index in [1.54, 1.807) is 31.2 Å². The monoisotopic (exact) mass is 562 g/mol. The lowest BCUT2D eigenvalue weighted by atomic mass is 9.68. The highest BCUT2D eigenvalue weighted by atomic mass is 79.9. The number of hydroxylamine groups is 2. The zero-order valence-corrected chi connectivity index (χ0v) is 21.6. The van der Waals surface area contributed by atoms with E-state index in [4.69, 9.17) is 10.5 Å². The number of ether oxygens (including phenoxy) is 1. The Morgan fingerprint density at radius 1 is 1.19 bits per heavy atom. The Hall–Kier alpha value is -3.15. The van der Waals surface area contributed by atoms with E-state index in [2.05, 4.69) is 26.7 Å². The number of amides is 3. The van der Waals surface area contributed by atoms with Gasteiger partial charge < -0.3 is 26.1 Å². The second-order valence-electron chi connectivity index (χ2n) is 9.09. The van der Waals surface area contributed by atoms with Crippen molar-refractivity contribution in [3.63, 3.8) is 0 Å². The SMILES string of the molecule is CC(CCC[N+]([O-])(Nc1ccc(COc2ccccc2Br)cc1)C(N)=O)NC(=O)C1(C(=O)O)CCC1. The summed E-state index contributed by atoms with van der Waals surface area (Å²) in [6.07, 6.45) is 2.00. The molecule has 194 valence electrons. The number of para-hydroxylation sites is 1. The molecule has 1 fully saturated rings. The van der Waals surface area contributed by atoms with E-state index in [9.17, 15) is 24.7 Å². The Morgan fingerprint density at radius 3 is 2.42 bits per heavy atom. The molecule has 2 unspecified atom stereocenters. The summed E-state index contributed by atoms with van der Waals surface area (Å²) in [5, 5.41) is 25.2. The third kappa shape index (κ3) is 6.54. The van der Waals surface area contributed by atoms with Crippen LogP contribution in [0.25, 0.3) is 0 Å². The molecule has 2 aromatic carbocycles. The number of nitrogens with two attached hydrogens (primary N) is 1. The van der Waals surface area contributed by atoms with Crippen LogP contribution in [0.4, 0.5) is 10.5 Å². The van der Waals surface area contributed by atoms with Gasteiger partial charge in [-0.15, -0.1) is 0 Å². The number of halogens is 1. The summed E-state index contributed by atoms with van der Waals surface area (Å²) in [6.45, 7) is 1.90. The molecule has 0 heterocycles. The Kier molecular flexibility index (Phi) is 8.93. The predicted octanol–water partition coefficient (Wildman–Crippen LogP) is 4.29. The lowest BCUT2D eigenvalue weighted by Crippen LogP contribution is -2.56. The van der Waals surface area contributed by atoms with E-state index in [0.717, 1.165) is 10.0 Å². The van der Waals surface area contributed by atoms with Crippen LogP contribution in [0.15, 0.2) is 53.0 Å².